The average molecular weight is 497 g/mol. The number of carbonyl (C=O) groups is 1. The van der Waals surface area contributed by atoms with Gasteiger partial charge in [0.1, 0.15) is 12.2 Å². The molecule has 1 saturated heterocycles. The lowest BCUT2D eigenvalue weighted by Gasteiger charge is -2.17. The number of pyridine rings is 2. The first kappa shape index (κ1) is 23.1. The molecule has 12 nitrogen and oxygen atoms in total. The Morgan fingerprint density at radius 3 is 2.80 bits per heavy atom. The van der Waals surface area contributed by atoms with Crippen molar-refractivity contribution in [1.82, 2.24) is 34.8 Å². The highest BCUT2D eigenvalue weighted by Gasteiger charge is 2.47. The Morgan fingerprint density at radius 2 is 2.06 bits per heavy atom. The standard InChI is InChI=1S/C22H21ClN8O4/c1-24-21(34)17-15(32)16(33)22(35-17)31-10-28-14-19(27-9-13-4-2-3-5-26-13)29-18(30-20(14)31)11-6-12(23)8-25-7-11/h2-8,10,15-17,22,32-33H,9H2,1H3,(H,24,34)(H,27,29,30)/t15?,16?,17-,22?/m0/s1. The first-order chi connectivity index (χ1) is 17.0. The number of halogens is 1. The van der Waals surface area contributed by atoms with Gasteiger partial charge in [0, 0.05) is 31.2 Å². The van der Waals surface area contributed by atoms with E-state index in [1.165, 1.54) is 24.1 Å². The largest absolute Gasteiger partial charge is 0.387 e. The minimum absolute atomic E-state index is 0.300. The van der Waals surface area contributed by atoms with E-state index in [4.69, 9.17) is 16.3 Å². The zero-order valence-corrected chi connectivity index (χ0v) is 19.2. The third-order valence-corrected chi connectivity index (χ3v) is 5.77. The van der Waals surface area contributed by atoms with Crippen molar-refractivity contribution in [3.63, 3.8) is 0 Å². The Bertz CT molecular complexity index is 1370. The van der Waals surface area contributed by atoms with Crippen molar-refractivity contribution in [1.29, 1.82) is 0 Å². The molecule has 0 radical (unpaired) electrons. The molecule has 5 heterocycles. The number of nitrogens with one attached hydrogen (secondary N) is 2. The van der Waals surface area contributed by atoms with Crippen LogP contribution < -0.4 is 10.6 Å². The summed E-state index contributed by atoms with van der Waals surface area (Å²) in [5, 5.41) is 27.1. The fourth-order valence-electron chi connectivity index (χ4n) is 3.81. The summed E-state index contributed by atoms with van der Waals surface area (Å²) in [6, 6.07) is 7.25. The molecule has 0 aromatic carbocycles. The second-order valence-corrected chi connectivity index (χ2v) is 8.27. The zero-order chi connectivity index (χ0) is 24.5. The summed E-state index contributed by atoms with van der Waals surface area (Å²) in [4.78, 5) is 34.2. The molecular formula is C22H21ClN8O4. The third-order valence-electron chi connectivity index (χ3n) is 5.56. The number of amides is 1. The van der Waals surface area contributed by atoms with Crippen LogP contribution in [0.2, 0.25) is 5.02 Å². The Balaban J connectivity index is 1.58. The molecule has 0 aliphatic carbocycles. The van der Waals surface area contributed by atoms with E-state index in [1.807, 2.05) is 18.2 Å². The number of fused-ring (bicyclic) bond motifs is 1. The first-order valence-corrected chi connectivity index (χ1v) is 11.1. The zero-order valence-electron chi connectivity index (χ0n) is 18.4. The molecule has 4 aromatic rings. The van der Waals surface area contributed by atoms with Crippen molar-refractivity contribution in [3.05, 3.63) is 59.9 Å². The summed E-state index contributed by atoms with van der Waals surface area (Å²) in [5.74, 6) is 0.153. The van der Waals surface area contributed by atoms with Gasteiger partial charge in [-0.25, -0.2) is 15.0 Å². The van der Waals surface area contributed by atoms with Crippen LogP contribution in [-0.4, -0.2) is 71.0 Å². The minimum atomic E-state index is -1.43. The Hall–Kier alpha value is -3.71. The summed E-state index contributed by atoms with van der Waals surface area (Å²) in [5.41, 5.74) is 2.06. The van der Waals surface area contributed by atoms with Crippen molar-refractivity contribution in [2.75, 3.05) is 12.4 Å². The second kappa shape index (κ2) is 9.50. The number of aliphatic hydroxyl groups is 2. The Labute approximate surface area is 204 Å². The van der Waals surface area contributed by atoms with E-state index in [9.17, 15) is 15.0 Å². The molecule has 4 atom stereocenters. The maximum Gasteiger partial charge on any atom is 0.251 e. The normalized spacial score (nSPS) is 21.8. The third kappa shape index (κ3) is 4.39. The monoisotopic (exact) mass is 496 g/mol. The van der Waals surface area contributed by atoms with Gasteiger partial charge in [0.15, 0.2) is 35.1 Å². The molecule has 1 fully saturated rings. The smallest absolute Gasteiger partial charge is 0.251 e. The number of aliphatic hydroxyl groups excluding tert-OH is 2. The summed E-state index contributed by atoms with van der Waals surface area (Å²) >= 11 is 6.12. The van der Waals surface area contributed by atoms with Gasteiger partial charge in [0.05, 0.1) is 23.6 Å². The fourth-order valence-corrected chi connectivity index (χ4v) is 3.99. The van der Waals surface area contributed by atoms with Crippen LogP contribution in [0.4, 0.5) is 5.82 Å². The fraction of sp³-hybridized carbons (Fsp3) is 0.273. The second-order valence-electron chi connectivity index (χ2n) is 7.83. The minimum Gasteiger partial charge on any atom is -0.387 e. The molecule has 4 aromatic heterocycles. The molecule has 4 N–H and O–H groups in total. The number of anilines is 1. The summed E-state index contributed by atoms with van der Waals surface area (Å²) in [6.07, 6.45) is 0.983. The van der Waals surface area contributed by atoms with Crippen LogP contribution in [0, 0.1) is 0 Å². The number of hydrogen-bond donors (Lipinski definition) is 4. The highest BCUT2D eigenvalue weighted by molar-refractivity contribution is 6.30. The summed E-state index contributed by atoms with van der Waals surface area (Å²) in [6.45, 7) is 0.368. The molecule has 180 valence electrons. The van der Waals surface area contributed by atoms with Crippen molar-refractivity contribution >= 4 is 34.5 Å². The van der Waals surface area contributed by atoms with Gasteiger partial charge in [-0.15, -0.1) is 0 Å². The van der Waals surface area contributed by atoms with Gasteiger partial charge in [0.25, 0.3) is 5.91 Å². The van der Waals surface area contributed by atoms with Crippen LogP contribution in [-0.2, 0) is 16.1 Å². The molecule has 5 rings (SSSR count). The van der Waals surface area contributed by atoms with Crippen molar-refractivity contribution in [3.8, 4) is 11.4 Å². The molecule has 1 aliphatic rings. The van der Waals surface area contributed by atoms with E-state index in [0.29, 0.717) is 39.9 Å². The molecule has 0 bridgehead atoms. The number of nitrogens with zero attached hydrogens (tertiary/aromatic N) is 6. The lowest BCUT2D eigenvalue weighted by Crippen LogP contribution is -2.41. The van der Waals surface area contributed by atoms with Gasteiger partial charge in [0.2, 0.25) is 0 Å². The maximum atomic E-state index is 12.1. The molecule has 13 heteroatoms. The number of aromatic nitrogens is 6. The number of rotatable bonds is 6. The van der Waals surface area contributed by atoms with Crippen molar-refractivity contribution in [2.45, 2.75) is 31.1 Å². The van der Waals surface area contributed by atoms with Gasteiger partial charge in [-0.1, -0.05) is 17.7 Å². The molecule has 3 unspecified atom stereocenters. The molecule has 1 amide bonds. The molecular weight excluding hydrogens is 476 g/mol. The van der Waals surface area contributed by atoms with E-state index < -0.39 is 30.4 Å². The highest BCUT2D eigenvalue weighted by atomic mass is 35.5. The molecule has 0 saturated carbocycles. The van der Waals surface area contributed by atoms with Crippen molar-refractivity contribution in [2.24, 2.45) is 0 Å². The highest BCUT2D eigenvalue weighted by Crippen LogP contribution is 2.33. The molecule has 0 spiro atoms. The van der Waals surface area contributed by atoms with E-state index >= 15 is 0 Å². The lowest BCUT2D eigenvalue weighted by molar-refractivity contribution is -0.137. The lowest BCUT2D eigenvalue weighted by atomic mass is 10.1. The number of likely N-dealkylation sites (N-methyl/N-ethyl adjacent to an activating group) is 1. The molecule has 35 heavy (non-hydrogen) atoms. The van der Waals surface area contributed by atoms with Crippen LogP contribution in [0.5, 0.6) is 0 Å². The number of imidazole rings is 1. The van der Waals surface area contributed by atoms with E-state index in [2.05, 4.69) is 35.6 Å². The Morgan fingerprint density at radius 1 is 1.20 bits per heavy atom. The van der Waals surface area contributed by atoms with Gasteiger partial charge in [-0.3, -0.25) is 19.3 Å². The van der Waals surface area contributed by atoms with Gasteiger partial charge in [-0.2, -0.15) is 0 Å². The van der Waals surface area contributed by atoms with Gasteiger partial charge in [-0.05, 0) is 18.2 Å². The van der Waals surface area contributed by atoms with E-state index in [-0.39, 0.29) is 0 Å². The molecule has 1 aliphatic heterocycles. The van der Waals surface area contributed by atoms with Gasteiger partial charge >= 0.3 is 0 Å². The van der Waals surface area contributed by atoms with Crippen LogP contribution in [0.3, 0.4) is 0 Å². The quantitative estimate of drug-likeness (QED) is 0.302. The topological polar surface area (TPSA) is 160 Å². The summed E-state index contributed by atoms with van der Waals surface area (Å²) in [7, 11) is 1.42. The van der Waals surface area contributed by atoms with Crippen molar-refractivity contribution < 1.29 is 19.7 Å². The van der Waals surface area contributed by atoms with Crippen LogP contribution >= 0.6 is 11.6 Å². The summed E-state index contributed by atoms with van der Waals surface area (Å²) < 4.78 is 7.17. The van der Waals surface area contributed by atoms with E-state index in [1.54, 1.807) is 18.5 Å². The van der Waals surface area contributed by atoms with Crippen LogP contribution in [0.15, 0.2) is 49.2 Å². The maximum absolute atomic E-state index is 12.1. The van der Waals surface area contributed by atoms with Gasteiger partial charge < -0.3 is 25.6 Å². The van der Waals surface area contributed by atoms with E-state index in [0.717, 1.165) is 5.69 Å². The SMILES string of the molecule is CNC(=O)[C@H]1OC(n2cnc3c(NCc4ccccn4)nc(-c4cncc(Cl)c4)nc32)C(O)C1O. The number of ether oxygens (including phenoxy) is 1. The Kier molecular flexibility index (Phi) is 6.26. The average Bonchev–Trinajstić information content (AvgIpc) is 3.43. The first-order valence-electron chi connectivity index (χ1n) is 10.7. The number of carbonyl (C=O) groups excluding carboxylic acids is 1. The predicted octanol–water partition coefficient (Wildman–Crippen LogP) is 0.914. The van der Waals surface area contributed by atoms with Crippen LogP contribution in [0.1, 0.15) is 11.9 Å². The number of hydrogen-bond acceptors (Lipinski definition) is 10. The van der Waals surface area contributed by atoms with Crippen LogP contribution in [0.25, 0.3) is 22.6 Å². The predicted molar refractivity (Wildman–Crippen MR) is 125 cm³/mol.